The number of nitrogens with one attached hydrogen (secondary N) is 1. The lowest BCUT2D eigenvalue weighted by atomic mass is 9.78. The number of carbonyl (C=O) groups is 1. The molecule has 0 bridgehead atoms. The van der Waals surface area contributed by atoms with Crippen LogP contribution < -0.4 is 10.1 Å². The maximum Gasteiger partial charge on any atom is 0.256 e. The maximum absolute atomic E-state index is 13.2. The largest absolute Gasteiger partial charge is 0.496 e. The zero-order chi connectivity index (χ0) is 17.9. The van der Waals surface area contributed by atoms with Crippen molar-refractivity contribution >= 4 is 22.4 Å². The van der Waals surface area contributed by atoms with Gasteiger partial charge in [0, 0.05) is 23.1 Å². The van der Waals surface area contributed by atoms with E-state index in [1.165, 1.54) is 0 Å². The molecule has 0 unspecified atom stereocenters. The SMILES string of the molecule is CCO[C@]1(C(=O)Nc2ccc(OC)c3ccccc23)CCC[C@H](C)C1. The predicted molar refractivity (Wildman–Crippen MR) is 101 cm³/mol. The second kappa shape index (κ2) is 7.44. The van der Waals surface area contributed by atoms with E-state index >= 15 is 0 Å². The first-order valence-corrected chi connectivity index (χ1v) is 9.11. The van der Waals surface area contributed by atoms with Gasteiger partial charge in [0.2, 0.25) is 0 Å². The molecule has 0 saturated heterocycles. The van der Waals surface area contributed by atoms with Gasteiger partial charge < -0.3 is 14.8 Å². The van der Waals surface area contributed by atoms with E-state index in [9.17, 15) is 4.79 Å². The Bertz CT molecular complexity index is 754. The normalized spacial score (nSPS) is 23.4. The average molecular weight is 341 g/mol. The van der Waals surface area contributed by atoms with E-state index in [4.69, 9.17) is 9.47 Å². The van der Waals surface area contributed by atoms with Crippen LogP contribution in [0.2, 0.25) is 0 Å². The van der Waals surface area contributed by atoms with Crippen molar-refractivity contribution < 1.29 is 14.3 Å². The standard InChI is InChI=1S/C21H27NO3/c1-4-25-21(13-7-8-15(2)14-21)20(23)22-18-11-12-19(24-3)17-10-6-5-9-16(17)18/h5-6,9-12,15H,4,7-8,13-14H2,1-3H3,(H,22,23)/t15-,21+/m0/s1. The molecule has 0 heterocycles. The average Bonchev–Trinajstić information content (AvgIpc) is 2.62. The number of amides is 1. The maximum atomic E-state index is 13.2. The summed E-state index contributed by atoms with van der Waals surface area (Å²) in [5.41, 5.74) is 0.0895. The Morgan fingerprint density at radius 3 is 2.68 bits per heavy atom. The third-order valence-corrected chi connectivity index (χ3v) is 5.14. The zero-order valence-corrected chi connectivity index (χ0v) is 15.3. The lowest BCUT2D eigenvalue weighted by molar-refractivity contribution is -0.147. The number of fused-ring (bicyclic) bond motifs is 1. The van der Waals surface area contributed by atoms with Crippen molar-refractivity contribution in [3.63, 3.8) is 0 Å². The summed E-state index contributed by atoms with van der Waals surface area (Å²) in [7, 11) is 1.66. The van der Waals surface area contributed by atoms with E-state index < -0.39 is 5.60 Å². The monoisotopic (exact) mass is 341 g/mol. The minimum Gasteiger partial charge on any atom is -0.496 e. The van der Waals surface area contributed by atoms with Gasteiger partial charge in [-0.25, -0.2) is 0 Å². The van der Waals surface area contributed by atoms with Gasteiger partial charge in [0.15, 0.2) is 0 Å². The van der Waals surface area contributed by atoms with Crippen LogP contribution >= 0.6 is 0 Å². The second-order valence-corrected chi connectivity index (χ2v) is 6.94. The number of hydrogen-bond acceptors (Lipinski definition) is 3. The van der Waals surface area contributed by atoms with Gasteiger partial charge in [-0.15, -0.1) is 0 Å². The van der Waals surface area contributed by atoms with Gasteiger partial charge >= 0.3 is 0 Å². The first-order valence-electron chi connectivity index (χ1n) is 9.11. The number of anilines is 1. The first-order chi connectivity index (χ1) is 12.1. The Kier molecular flexibility index (Phi) is 5.28. The fraction of sp³-hybridized carbons (Fsp3) is 0.476. The summed E-state index contributed by atoms with van der Waals surface area (Å²) in [6, 6.07) is 11.8. The van der Waals surface area contributed by atoms with Crippen molar-refractivity contribution in [2.45, 2.75) is 45.1 Å². The fourth-order valence-corrected chi connectivity index (χ4v) is 3.98. The molecule has 3 rings (SSSR count). The topological polar surface area (TPSA) is 47.6 Å². The summed E-state index contributed by atoms with van der Waals surface area (Å²) in [5, 5.41) is 5.10. The molecule has 0 aromatic heterocycles. The third kappa shape index (κ3) is 3.49. The molecule has 1 amide bonds. The van der Waals surface area contributed by atoms with Gasteiger partial charge in [-0.2, -0.15) is 0 Å². The van der Waals surface area contributed by atoms with Crippen LogP contribution in [0.1, 0.15) is 39.5 Å². The summed E-state index contributed by atoms with van der Waals surface area (Å²) in [4.78, 5) is 13.2. The number of benzene rings is 2. The molecule has 4 nitrogen and oxygen atoms in total. The lowest BCUT2D eigenvalue weighted by Gasteiger charge is -2.38. The molecule has 0 radical (unpaired) electrons. The molecular weight excluding hydrogens is 314 g/mol. The van der Waals surface area contributed by atoms with Crippen LogP contribution in [0.25, 0.3) is 10.8 Å². The molecule has 0 spiro atoms. The van der Waals surface area contributed by atoms with Crippen molar-refractivity contribution in [1.29, 1.82) is 0 Å². The Labute approximate surface area is 149 Å². The fourth-order valence-electron chi connectivity index (χ4n) is 3.98. The lowest BCUT2D eigenvalue weighted by Crippen LogP contribution is -2.48. The second-order valence-electron chi connectivity index (χ2n) is 6.94. The Balaban J connectivity index is 1.93. The van der Waals surface area contributed by atoms with Gasteiger partial charge in [-0.3, -0.25) is 4.79 Å². The van der Waals surface area contributed by atoms with E-state index in [1.54, 1.807) is 7.11 Å². The summed E-state index contributed by atoms with van der Waals surface area (Å²) in [6.45, 7) is 4.70. The van der Waals surface area contributed by atoms with Crippen molar-refractivity contribution in [1.82, 2.24) is 0 Å². The van der Waals surface area contributed by atoms with Crippen LogP contribution in [0, 0.1) is 5.92 Å². The number of carbonyl (C=O) groups excluding carboxylic acids is 1. The van der Waals surface area contributed by atoms with Crippen molar-refractivity contribution in [3.05, 3.63) is 36.4 Å². The van der Waals surface area contributed by atoms with E-state index in [0.29, 0.717) is 12.5 Å². The van der Waals surface area contributed by atoms with Crippen molar-refractivity contribution in [2.24, 2.45) is 5.92 Å². The highest BCUT2D eigenvalue weighted by molar-refractivity contribution is 6.06. The number of ether oxygens (including phenoxy) is 2. The van der Waals surface area contributed by atoms with E-state index in [-0.39, 0.29) is 5.91 Å². The van der Waals surface area contributed by atoms with Crippen LogP contribution in [-0.2, 0) is 9.53 Å². The van der Waals surface area contributed by atoms with E-state index in [2.05, 4.69) is 12.2 Å². The van der Waals surface area contributed by atoms with Gasteiger partial charge in [0.1, 0.15) is 11.4 Å². The van der Waals surface area contributed by atoms with Crippen molar-refractivity contribution in [3.8, 4) is 5.75 Å². The number of hydrogen-bond donors (Lipinski definition) is 1. The Morgan fingerprint density at radius 2 is 2.00 bits per heavy atom. The molecule has 25 heavy (non-hydrogen) atoms. The molecule has 2 aromatic rings. The van der Waals surface area contributed by atoms with Crippen LogP contribution in [0.4, 0.5) is 5.69 Å². The molecule has 1 saturated carbocycles. The van der Waals surface area contributed by atoms with Gasteiger partial charge in [0.25, 0.3) is 5.91 Å². The molecule has 2 aromatic carbocycles. The smallest absolute Gasteiger partial charge is 0.256 e. The molecule has 1 aliphatic rings. The zero-order valence-electron chi connectivity index (χ0n) is 15.3. The minimum atomic E-state index is -0.715. The Morgan fingerprint density at radius 1 is 1.24 bits per heavy atom. The Hall–Kier alpha value is -2.07. The quantitative estimate of drug-likeness (QED) is 0.852. The molecule has 1 aliphatic carbocycles. The number of methoxy groups -OCH3 is 1. The third-order valence-electron chi connectivity index (χ3n) is 5.14. The summed E-state index contributed by atoms with van der Waals surface area (Å²) in [6.07, 6.45) is 3.75. The van der Waals surface area contributed by atoms with Crippen LogP contribution in [0.15, 0.2) is 36.4 Å². The molecule has 0 aliphatic heterocycles. The summed E-state index contributed by atoms with van der Waals surface area (Å²) >= 11 is 0. The molecule has 134 valence electrons. The van der Waals surface area contributed by atoms with Gasteiger partial charge in [-0.05, 0) is 44.2 Å². The summed E-state index contributed by atoms with van der Waals surface area (Å²) in [5.74, 6) is 1.27. The highest BCUT2D eigenvalue weighted by Crippen LogP contribution is 2.37. The highest BCUT2D eigenvalue weighted by Gasteiger charge is 2.42. The molecule has 1 fully saturated rings. The van der Waals surface area contributed by atoms with E-state index in [1.807, 2.05) is 43.3 Å². The molecule has 2 atom stereocenters. The minimum absolute atomic E-state index is 0.0313. The van der Waals surface area contributed by atoms with Crippen LogP contribution in [0.5, 0.6) is 5.75 Å². The molecule has 4 heteroatoms. The predicted octanol–water partition coefficient (Wildman–Crippen LogP) is 4.77. The number of rotatable bonds is 5. The molecule has 1 N–H and O–H groups in total. The van der Waals surface area contributed by atoms with E-state index in [0.717, 1.165) is 47.9 Å². The van der Waals surface area contributed by atoms with Crippen LogP contribution in [-0.4, -0.2) is 25.2 Å². The first kappa shape index (κ1) is 17.7. The summed E-state index contributed by atoms with van der Waals surface area (Å²) < 4.78 is 11.4. The van der Waals surface area contributed by atoms with Gasteiger partial charge in [0.05, 0.1) is 7.11 Å². The van der Waals surface area contributed by atoms with Gasteiger partial charge in [-0.1, -0.05) is 37.6 Å². The molecular formula is C21H27NO3. The van der Waals surface area contributed by atoms with Crippen LogP contribution in [0.3, 0.4) is 0 Å². The van der Waals surface area contributed by atoms with Crippen molar-refractivity contribution in [2.75, 3.05) is 19.0 Å². The highest BCUT2D eigenvalue weighted by atomic mass is 16.5.